The molecule has 1 saturated heterocycles. The lowest BCUT2D eigenvalue weighted by Gasteiger charge is -2.30. The van der Waals surface area contributed by atoms with Crippen molar-refractivity contribution in [2.75, 3.05) is 25.5 Å². The van der Waals surface area contributed by atoms with Crippen LogP contribution in [0.15, 0.2) is 18.2 Å². The second kappa shape index (κ2) is 7.82. The first-order chi connectivity index (χ1) is 10.9. The van der Waals surface area contributed by atoms with E-state index < -0.39 is 0 Å². The lowest BCUT2D eigenvalue weighted by molar-refractivity contribution is 0.221. The molecule has 1 aliphatic heterocycles. The third kappa shape index (κ3) is 4.71. The summed E-state index contributed by atoms with van der Waals surface area (Å²) in [5.74, 6) is 0.764. The zero-order valence-electron chi connectivity index (χ0n) is 15.1. The van der Waals surface area contributed by atoms with E-state index >= 15 is 0 Å². The highest BCUT2D eigenvalue weighted by Gasteiger charge is 2.20. The molecule has 0 spiro atoms. The molecular weight excluding hydrogens is 286 g/mol. The first-order valence-electron chi connectivity index (χ1n) is 8.77. The highest BCUT2D eigenvalue weighted by Crippen LogP contribution is 2.32. The number of hydrogen-bond donors (Lipinski definition) is 2. The van der Waals surface area contributed by atoms with Crippen molar-refractivity contribution >= 4 is 11.7 Å². The van der Waals surface area contributed by atoms with Crippen molar-refractivity contribution in [3.63, 3.8) is 0 Å². The smallest absolute Gasteiger partial charge is 0.319 e. The molecule has 1 fully saturated rings. The molecule has 4 heteroatoms. The summed E-state index contributed by atoms with van der Waals surface area (Å²) in [5, 5.41) is 6.28. The van der Waals surface area contributed by atoms with E-state index in [1.54, 1.807) is 0 Å². The van der Waals surface area contributed by atoms with Gasteiger partial charge in [0.25, 0.3) is 0 Å². The predicted octanol–water partition coefficient (Wildman–Crippen LogP) is 4.15. The van der Waals surface area contributed by atoms with Gasteiger partial charge in [0, 0.05) is 11.7 Å². The van der Waals surface area contributed by atoms with Crippen LogP contribution in [-0.4, -0.2) is 37.1 Å². The Balaban J connectivity index is 2.10. The number of nitrogens with one attached hydrogen (secondary N) is 2. The number of rotatable bonds is 4. The molecule has 2 N–H and O–H groups in total. The first kappa shape index (κ1) is 17.8. The molecule has 0 radical (unpaired) electrons. The SMILES string of the molecule is CC(C)c1cccc(C(C)C)c1NC(=O)NC1CCN(C)CC1. The highest BCUT2D eigenvalue weighted by molar-refractivity contribution is 5.91. The van der Waals surface area contributed by atoms with Gasteiger partial charge in [0.1, 0.15) is 0 Å². The number of anilines is 1. The molecule has 2 amide bonds. The zero-order valence-corrected chi connectivity index (χ0v) is 15.1. The third-order valence-corrected chi connectivity index (χ3v) is 4.67. The monoisotopic (exact) mass is 317 g/mol. The molecule has 4 nitrogen and oxygen atoms in total. The topological polar surface area (TPSA) is 44.4 Å². The Morgan fingerprint density at radius 2 is 1.61 bits per heavy atom. The van der Waals surface area contributed by atoms with Gasteiger partial charge >= 0.3 is 6.03 Å². The van der Waals surface area contributed by atoms with Crippen molar-refractivity contribution < 1.29 is 4.79 Å². The first-order valence-corrected chi connectivity index (χ1v) is 8.77. The number of hydrogen-bond acceptors (Lipinski definition) is 2. The van der Waals surface area contributed by atoms with Gasteiger partial charge in [-0.25, -0.2) is 4.79 Å². The molecule has 1 aliphatic rings. The van der Waals surface area contributed by atoms with Crippen LogP contribution in [0.1, 0.15) is 63.5 Å². The Morgan fingerprint density at radius 1 is 1.09 bits per heavy atom. The molecule has 2 rings (SSSR count). The van der Waals surface area contributed by atoms with E-state index in [1.807, 2.05) is 0 Å². The second-order valence-electron chi connectivity index (χ2n) is 7.30. The molecule has 0 atom stereocenters. The van der Waals surface area contributed by atoms with Gasteiger partial charge in [-0.1, -0.05) is 45.9 Å². The number of amides is 2. The largest absolute Gasteiger partial charge is 0.335 e. The van der Waals surface area contributed by atoms with Crippen LogP contribution in [0, 0.1) is 0 Å². The third-order valence-electron chi connectivity index (χ3n) is 4.67. The number of piperidine rings is 1. The van der Waals surface area contributed by atoms with Crippen molar-refractivity contribution in [3.05, 3.63) is 29.3 Å². The quantitative estimate of drug-likeness (QED) is 0.876. The molecule has 128 valence electrons. The van der Waals surface area contributed by atoms with Gasteiger partial charge in [0.05, 0.1) is 0 Å². The molecule has 0 aromatic heterocycles. The van der Waals surface area contributed by atoms with Crippen LogP contribution in [-0.2, 0) is 0 Å². The summed E-state index contributed by atoms with van der Waals surface area (Å²) >= 11 is 0. The normalized spacial score (nSPS) is 16.8. The fourth-order valence-electron chi connectivity index (χ4n) is 3.18. The number of carbonyl (C=O) groups excluding carboxylic acids is 1. The summed E-state index contributed by atoms with van der Waals surface area (Å²) in [6.07, 6.45) is 2.04. The number of benzene rings is 1. The van der Waals surface area contributed by atoms with Gasteiger partial charge in [-0.15, -0.1) is 0 Å². The van der Waals surface area contributed by atoms with E-state index in [1.165, 1.54) is 11.1 Å². The average Bonchev–Trinajstić information content (AvgIpc) is 2.49. The number of para-hydroxylation sites is 1. The minimum absolute atomic E-state index is 0.0745. The molecule has 0 saturated carbocycles. The maximum Gasteiger partial charge on any atom is 0.319 e. The number of carbonyl (C=O) groups is 1. The van der Waals surface area contributed by atoms with Gasteiger partial charge in [-0.05, 0) is 55.9 Å². The highest BCUT2D eigenvalue weighted by atomic mass is 16.2. The van der Waals surface area contributed by atoms with Crippen LogP contribution in [0.5, 0.6) is 0 Å². The van der Waals surface area contributed by atoms with Crippen LogP contribution in [0.3, 0.4) is 0 Å². The van der Waals surface area contributed by atoms with E-state index in [4.69, 9.17) is 0 Å². The van der Waals surface area contributed by atoms with Crippen molar-refractivity contribution in [2.45, 2.75) is 58.4 Å². The molecule has 0 aliphatic carbocycles. The van der Waals surface area contributed by atoms with Crippen molar-refractivity contribution in [1.82, 2.24) is 10.2 Å². The van der Waals surface area contributed by atoms with E-state index in [2.05, 4.69) is 68.5 Å². The fraction of sp³-hybridized carbons (Fsp3) is 0.632. The van der Waals surface area contributed by atoms with Crippen LogP contribution < -0.4 is 10.6 Å². The van der Waals surface area contributed by atoms with Gasteiger partial charge in [0.2, 0.25) is 0 Å². The van der Waals surface area contributed by atoms with Gasteiger partial charge < -0.3 is 15.5 Å². The predicted molar refractivity (Wildman–Crippen MR) is 97.3 cm³/mol. The summed E-state index contributed by atoms with van der Waals surface area (Å²) in [7, 11) is 2.13. The lowest BCUT2D eigenvalue weighted by atomic mass is 9.93. The lowest BCUT2D eigenvalue weighted by Crippen LogP contribution is -2.45. The molecule has 1 heterocycles. The maximum absolute atomic E-state index is 12.5. The fourth-order valence-corrected chi connectivity index (χ4v) is 3.18. The summed E-state index contributed by atoms with van der Waals surface area (Å²) in [5.41, 5.74) is 3.40. The molecular formula is C19H31N3O. The Hall–Kier alpha value is -1.55. The van der Waals surface area contributed by atoms with Crippen LogP contribution in [0.2, 0.25) is 0 Å². The minimum atomic E-state index is -0.0745. The van der Waals surface area contributed by atoms with E-state index in [0.29, 0.717) is 11.8 Å². The Morgan fingerprint density at radius 3 is 2.09 bits per heavy atom. The van der Waals surface area contributed by atoms with Crippen molar-refractivity contribution in [3.8, 4) is 0 Å². The summed E-state index contributed by atoms with van der Waals surface area (Å²) in [4.78, 5) is 14.8. The molecule has 1 aromatic rings. The molecule has 0 unspecified atom stereocenters. The van der Waals surface area contributed by atoms with E-state index in [9.17, 15) is 4.79 Å². The van der Waals surface area contributed by atoms with Gasteiger partial charge in [0.15, 0.2) is 0 Å². The number of likely N-dealkylation sites (tertiary alicyclic amines) is 1. The number of urea groups is 1. The van der Waals surface area contributed by atoms with Gasteiger partial charge in [-0.3, -0.25) is 0 Å². The minimum Gasteiger partial charge on any atom is -0.335 e. The summed E-state index contributed by atoms with van der Waals surface area (Å²) in [6, 6.07) is 6.52. The summed E-state index contributed by atoms with van der Waals surface area (Å²) in [6.45, 7) is 10.8. The van der Waals surface area contributed by atoms with Crippen LogP contribution in [0.4, 0.5) is 10.5 Å². The Kier molecular flexibility index (Phi) is 6.05. The maximum atomic E-state index is 12.5. The van der Waals surface area contributed by atoms with Crippen LogP contribution in [0.25, 0.3) is 0 Å². The standard InChI is InChI=1S/C19H31N3O/c1-13(2)16-7-6-8-17(14(3)4)18(16)21-19(23)20-15-9-11-22(5)12-10-15/h6-8,13-15H,9-12H2,1-5H3,(H2,20,21,23). The van der Waals surface area contributed by atoms with Gasteiger partial charge in [-0.2, -0.15) is 0 Å². The molecule has 23 heavy (non-hydrogen) atoms. The van der Waals surface area contributed by atoms with Crippen molar-refractivity contribution in [1.29, 1.82) is 0 Å². The Bertz CT molecular complexity index is 505. The molecule has 1 aromatic carbocycles. The average molecular weight is 317 g/mol. The van der Waals surface area contributed by atoms with Crippen LogP contribution >= 0.6 is 0 Å². The zero-order chi connectivity index (χ0) is 17.0. The van der Waals surface area contributed by atoms with E-state index in [0.717, 1.165) is 31.6 Å². The molecule has 0 bridgehead atoms. The summed E-state index contributed by atoms with van der Waals surface area (Å²) < 4.78 is 0. The Labute approximate surface area is 140 Å². The second-order valence-corrected chi connectivity index (χ2v) is 7.30. The van der Waals surface area contributed by atoms with Crippen molar-refractivity contribution in [2.24, 2.45) is 0 Å². The number of nitrogens with zero attached hydrogens (tertiary/aromatic N) is 1. The van der Waals surface area contributed by atoms with E-state index in [-0.39, 0.29) is 12.1 Å².